The van der Waals surface area contributed by atoms with E-state index < -0.39 is 79.3 Å². The second-order valence-electron chi connectivity index (χ2n) is 17.0. The molecule has 0 bridgehead atoms. The lowest BCUT2D eigenvalue weighted by Gasteiger charge is -2.24. The molecule has 0 aliphatic heterocycles. The second kappa shape index (κ2) is 14.8. The topological polar surface area (TPSA) is 50.9 Å². The van der Waals surface area contributed by atoms with Crippen LogP contribution in [-0.2, 0) is 16.2 Å². The van der Waals surface area contributed by atoms with Crippen LogP contribution < -0.4 is 0 Å². The molecule has 2 heterocycles. The molecule has 0 saturated heterocycles. The zero-order chi connectivity index (χ0) is 55.3. The molecule has 0 fully saturated rings. The maximum Gasteiger partial charge on any atom is 0.149 e. The van der Waals surface area contributed by atoms with E-state index in [9.17, 15) is 5.11 Å². The summed E-state index contributed by atoms with van der Waals surface area (Å²) in [6, 6.07) is 31.5. The molecular weight excluding hydrogens is 719 g/mol. The number of fused-ring (bicyclic) bond motifs is 1. The fraction of sp³-hybridized carbons (Fsp3) is 0.236. The van der Waals surface area contributed by atoms with Crippen LogP contribution in [0.3, 0.4) is 0 Å². The number of hydrogen-bond donors (Lipinski definition) is 1. The molecule has 0 aliphatic rings. The van der Waals surface area contributed by atoms with Crippen LogP contribution in [0.2, 0.25) is 0 Å². The predicted octanol–water partition coefficient (Wildman–Crippen LogP) is 14.7. The minimum Gasteiger partial charge on any atom is -0.507 e. The highest BCUT2D eigenvalue weighted by Crippen LogP contribution is 2.44. The quantitative estimate of drug-likeness (QED) is 0.183. The van der Waals surface area contributed by atoms with Crippen molar-refractivity contribution < 1.29 is 27.0 Å². The van der Waals surface area contributed by atoms with Crippen molar-refractivity contribution in [1.29, 1.82) is 0 Å². The van der Waals surface area contributed by atoms with Gasteiger partial charge in [0.2, 0.25) is 0 Å². The summed E-state index contributed by atoms with van der Waals surface area (Å²) in [7, 11) is 0. The van der Waals surface area contributed by atoms with E-state index in [4.69, 9.17) is 31.9 Å². The summed E-state index contributed by atoms with van der Waals surface area (Å²) in [5, 5.41) is 12.5. The van der Waals surface area contributed by atoms with Gasteiger partial charge < -0.3 is 5.11 Å². The Morgan fingerprint density at radius 1 is 0.576 bits per heavy atom. The molecule has 8 aromatic rings. The molecule has 0 radical (unpaired) electrons. The Morgan fingerprint density at radius 2 is 1.29 bits per heavy atom. The minimum atomic E-state index is -3.67. The first-order chi connectivity index (χ1) is 34.6. The third kappa shape index (κ3) is 7.72. The fourth-order valence-electron chi connectivity index (χ4n) is 7.39. The van der Waals surface area contributed by atoms with Gasteiger partial charge in [-0.3, -0.25) is 9.55 Å². The van der Waals surface area contributed by atoms with Gasteiger partial charge in [-0.15, -0.1) is 0 Å². The largest absolute Gasteiger partial charge is 0.507 e. The molecule has 0 spiro atoms. The number of aromatic nitrogens is 3. The summed E-state index contributed by atoms with van der Waals surface area (Å²) in [6.45, 7) is -1.56. The molecule has 8 rings (SSSR count). The van der Waals surface area contributed by atoms with Gasteiger partial charge in [-0.1, -0.05) is 159 Å². The first-order valence-corrected chi connectivity index (χ1v) is 19.4. The second-order valence-corrected chi connectivity index (χ2v) is 17.0. The van der Waals surface area contributed by atoms with Crippen LogP contribution in [-0.4, -0.2) is 19.6 Å². The Balaban J connectivity index is 1.46. The van der Waals surface area contributed by atoms with Gasteiger partial charge in [0.05, 0.1) is 33.5 Å². The number of para-hydroxylation sites is 2. The van der Waals surface area contributed by atoms with Crippen molar-refractivity contribution >= 4 is 11.0 Å². The fourth-order valence-corrected chi connectivity index (χ4v) is 7.39. The molecule has 59 heavy (non-hydrogen) atoms. The van der Waals surface area contributed by atoms with Crippen molar-refractivity contribution in [2.45, 2.75) is 85.2 Å². The van der Waals surface area contributed by atoms with Crippen LogP contribution in [0.1, 0.15) is 106 Å². The number of imidazole rings is 1. The van der Waals surface area contributed by atoms with Crippen LogP contribution in [0, 0.1) is 6.85 Å². The highest BCUT2D eigenvalue weighted by Gasteiger charge is 2.27. The molecular formula is C55H55N3O. The van der Waals surface area contributed by atoms with Gasteiger partial charge in [0.1, 0.15) is 11.6 Å². The van der Waals surface area contributed by atoms with E-state index in [0.29, 0.717) is 39.1 Å². The Hall–Kier alpha value is -6.26. The normalized spacial score (nSPS) is 17.1. The van der Waals surface area contributed by atoms with Crippen molar-refractivity contribution in [3.63, 3.8) is 0 Å². The Morgan fingerprint density at radius 3 is 2.00 bits per heavy atom. The molecule has 296 valence electrons. The van der Waals surface area contributed by atoms with Crippen molar-refractivity contribution in [3.05, 3.63) is 168 Å². The van der Waals surface area contributed by atoms with Gasteiger partial charge >= 0.3 is 0 Å². The molecule has 0 amide bonds. The third-order valence-electron chi connectivity index (χ3n) is 10.6. The molecule has 2 aromatic heterocycles. The molecule has 0 unspecified atom stereocenters. The SMILES string of the molecule is [2H]c1c([2H])c(C([2H])([2H])[2H])c([2H])c([2H])c1-c1ccnc(-c2cc(-c3cccc4c3nc(-c3cccc(C(C([2H])([2H])[2H])(C([2H])([2H])[2H])C([2H])([2H])[2H])c3O)n4-c3ccc(C(C)(C)C)cc3-c3ccccc3)cc(C(C)(C)C)c2)c1. The van der Waals surface area contributed by atoms with E-state index in [2.05, 4.69) is 26.8 Å². The summed E-state index contributed by atoms with van der Waals surface area (Å²) >= 11 is 0. The summed E-state index contributed by atoms with van der Waals surface area (Å²) < 4.78 is 137. The maximum atomic E-state index is 12.5. The van der Waals surface area contributed by atoms with Crippen molar-refractivity contribution in [1.82, 2.24) is 14.5 Å². The first kappa shape index (κ1) is 24.6. The number of benzene rings is 6. The molecule has 0 saturated carbocycles. The average Bonchev–Trinajstić information content (AvgIpc) is 3.69. The Bertz CT molecular complexity index is 3460. The van der Waals surface area contributed by atoms with E-state index in [0.717, 1.165) is 28.3 Å². The van der Waals surface area contributed by atoms with Gasteiger partial charge in [0.25, 0.3) is 0 Å². The molecule has 1 N–H and O–H groups in total. The molecule has 4 heteroatoms. The summed E-state index contributed by atoms with van der Waals surface area (Å²) in [4.78, 5) is 9.96. The number of aromatic hydroxyl groups is 1. The smallest absolute Gasteiger partial charge is 0.149 e. The Kier molecular flexibility index (Phi) is 6.19. The average molecular weight is 790 g/mol. The van der Waals surface area contributed by atoms with Crippen molar-refractivity contribution in [3.8, 4) is 67.5 Å². The zero-order valence-corrected chi connectivity index (χ0v) is 33.8. The van der Waals surface area contributed by atoms with Gasteiger partial charge in [-0.25, -0.2) is 4.98 Å². The molecule has 0 aliphatic carbocycles. The monoisotopic (exact) mass is 790 g/mol. The number of phenols is 1. The summed E-state index contributed by atoms with van der Waals surface area (Å²) in [5.74, 6) is -0.844. The van der Waals surface area contributed by atoms with Crippen LogP contribution >= 0.6 is 0 Å². The van der Waals surface area contributed by atoms with Gasteiger partial charge in [0, 0.05) is 39.3 Å². The van der Waals surface area contributed by atoms with E-state index in [1.165, 1.54) is 24.4 Å². The van der Waals surface area contributed by atoms with E-state index in [1.54, 1.807) is 10.6 Å². The molecule has 6 aromatic carbocycles. The standard InChI is InChI=1S/C55H55N3O/c1-35-22-24-36(25-23-35)38-28-29-56-47(33-38)40-30-39(31-42(32-40)54(5,6)7)43-18-15-21-49-50(43)57-52(44-19-14-20-46(51(44)59)55(8,9)10)58(49)48-27-26-41(53(2,3)4)34-45(48)37-16-12-11-13-17-37/h11-34,59H,1-10H3/i1D3,8D3,9D3,10D3,22D,23D,24D,25D. The van der Waals surface area contributed by atoms with E-state index in [1.807, 2.05) is 99.6 Å². The predicted molar refractivity (Wildman–Crippen MR) is 249 cm³/mol. The Labute approximate surface area is 372 Å². The summed E-state index contributed by atoms with van der Waals surface area (Å²) in [5.41, 5.74) is 1.36. The lowest BCUT2D eigenvalue weighted by atomic mass is 9.83. The molecule has 4 nitrogen and oxygen atoms in total. The van der Waals surface area contributed by atoms with E-state index >= 15 is 0 Å². The lowest BCUT2D eigenvalue weighted by Crippen LogP contribution is -2.12. The highest BCUT2D eigenvalue weighted by molar-refractivity contribution is 5.98. The van der Waals surface area contributed by atoms with Crippen molar-refractivity contribution in [2.75, 3.05) is 0 Å². The van der Waals surface area contributed by atoms with Gasteiger partial charge in [0.15, 0.2) is 0 Å². The summed E-state index contributed by atoms with van der Waals surface area (Å²) in [6.07, 6.45) is 1.47. The zero-order valence-electron chi connectivity index (χ0n) is 49.8. The van der Waals surface area contributed by atoms with Gasteiger partial charge in [-0.05, 0) is 111 Å². The number of rotatable bonds is 6. The van der Waals surface area contributed by atoms with Crippen LogP contribution in [0.25, 0.3) is 72.7 Å². The van der Waals surface area contributed by atoms with E-state index in [-0.39, 0.29) is 27.9 Å². The van der Waals surface area contributed by atoms with Crippen molar-refractivity contribution in [2.24, 2.45) is 0 Å². The van der Waals surface area contributed by atoms with Crippen LogP contribution in [0.5, 0.6) is 5.75 Å². The highest BCUT2D eigenvalue weighted by atomic mass is 16.3. The number of pyridine rings is 1. The minimum absolute atomic E-state index is 0.0408. The third-order valence-corrected chi connectivity index (χ3v) is 10.6. The van der Waals surface area contributed by atoms with Crippen LogP contribution in [0.15, 0.2) is 146 Å². The number of nitrogens with zero attached hydrogens (tertiary/aromatic N) is 3. The number of phenolic OH excluding ortho intramolecular Hbond substituents is 1. The maximum absolute atomic E-state index is 12.5. The van der Waals surface area contributed by atoms with Crippen LogP contribution in [0.4, 0.5) is 0 Å². The van der Waals surface area contributed by atoms with Gasteiger partial charge in [-0.2, -0.15) is 0 Å². The first-order valence-electron chi connectivity index (χ1n) is 27.4. The lowest BCUT2D eigenvalue weighted by molar-refractivity contribution is 0.448. The molecule has 0 atom stereocenters. The number of hydrogen-bond acceptors (Lipinski definition) is 3.